The quantitative estimate of drug-likeness (QED) is 0.393. The molecule has 1 aromatic rings. The Balaban J connectivity index is 3.24. The summed E-state index contributed by atoms with van der Waals surface area (Å²) in [6.07, 6.45) is 0.409. The number of anilines is 1. The molecule has 116 valence electrons. The zero-order valence-electron chi connectivity index (χ0n) is 12.1. The van der Waals surface area contributed by atoms with Crippen LogP contribution in [-0.4, -0.2) is 40.0 Å². The molecular formula is C13H20N4O4. The molecule has 4 N–H and O–H groups in total. The number of nitrogens with one attached hydrogen (secondary N) is 1. The number of hydrogen-bond donors (Lipinski definition) is 3. The van der Waals surface area contributed by atoms with E-state index in [0.717, 1.165) is 0 Å². The lowest BCUT2D eigenvalue weighted by molar-refractivity contribution is -0.384. The minimum atomic E-state index is -0.632. The molecule has 0 aromatic heterocycles. The van der Waals surface area contributed by atoms with E-state index in [2.05, 4.69) is 5.43 Å². The van der Waals surface area contributed by atoms with Crippen molar-refractivity contribution in [3.05, 3.63) is 33.9 Å². The van der Waals surface area contributed by atoms with Crippen LogP contribution in [0.5, 0.6) is 0 Å². The van der Waals surface area contributed by atoms with Gasteiger partial charge in [0, 0.05) is 19.2 Å². The van der Waals surface area contributed by atoms with Gasteiger partial charge in [-0.2, -0.15) is 0 Å². The molecule has 8 heteroatoms. The Hall–Kier alpha value is -2.19. The summed E-state index contributed by atoms with van der Waals surface area (Å²) in [4.78, 5) is 24.6. The van der Waals surface area contributed by atoms with Crippen molar-refractivity contribution in [3.8, 4) is 0 Å². The molecule has 0 aliphatic heterocycles. The zero-order chi connectivity index (χ0) is 16.0. The number of carbonyl (C=O) groups is 1. The molecule has 0 radical (unpaired) electrons. The second kappa shape index (κ2) is 7.55. The highest BCUT2D eigenvalue weighted by Gasteiger charge is 2.28. The zero-order valence-corrected chi connectivity index (χ0v) is 12.1. The number of nitro benzene ring substituents is 1. The highest BCUT2D eigenvalue weighted by Crippen LogP contribution is 2.29. The van der Waals surface area contributed by atoms with Gasteiger partial charge in [0.25, 0.3) is 5.91 Å². The van der Waals surface area contributed by atoms with E-state index in [-0.39, 0.29) is 29.6 Å². The van der Waals surface area contributed by atoms with Gasteiger partial charge in [-0.15, -0.1) is 0 Å². The predicted octanol–water partition coefficient (Wildman–Crippen LogP) is 1.11. The molecule has 0 aliphatic rings. The van der Waals surface area contributed by atoms with E-state index in [4.69, 9.17) is 10.9 Å². The number of aliphatic hydroxyl groups is 1. The van der Waals surface area contributed by atoms with Crippen LogP contribution in [-0.2, 0) is 0 Å². The standard InChI is InChI=1S/C13H20N4O4/c1-9(2)16(7-4-8-18)13(19)10-5-3-6-11(15-14)12(10)17(20)21/h3,5-6,9,15,18H,4,7-8,14H2,1-2H3. The van der Waals surface area contributed by atoms with Crippen LogP contribution in [0.15, 0.2) is 18.2 Å². The van der Waals surface area contributed by atoms with Crippen LogP contribution < -0.4 is 11.3 Å². The van der Waals surface area contributed by atoms with Crippen LogP contribution in [0.4, 0.5) is 11.4 Å². The fourth-order valence-electron chi connectivity index (χ4n) is 2.02. The van der Waals surface area contributed by atoms with Crippen molar-refractivity contribution in [2.45, 2.75) is 26.3 Å². The van der Waals surface area contributed by atoms with E-state index in [9.17, 15) is 14.9 Å². The Labute approximate surface area is 122 Å². The van der Waals surface area contributed by atoms with Gasteiger partial charge in [-0.05, 0) is 32.4 Å². The first-order valence-corrected chi connectivity index (χ1v) is 6.59. The molecule has 0 heterocycles. The molecule has 0 bridgehead atoms. The van der Waals surface area contributed by atoms with Crippen LogP contribution >= 0.6 is 0 Å². The normalized spacial score (nSPS) is 10.5. The molecule has 0 saturated carbocycles. The highest BCUT2D eigenvalue weighted by molar-refractivity contribution is 6.00. The Morgan fingerprint density at radius 1 is 1.52 bits per heavy atom. The van der Waals surface area contributed by atoms with Gasteiger partial charge < -0.3 is 15.4 Å². The van der Waals surface area contributed by atoms with Gasteiger partial charge in [-0.1, -0.05) is 6.07 Å². The van der Waals surface area contributed by atoms with Crippen molar-refractivity contribution in [1.29, 1.82) is 0 Å². The molecule has 0 spiro atoms. The molecule has 1 aromatic carbocycles. The van der Waals surface area contributed by atoms with E-state index in [0.29, 0.717) is 13.0 Å². The van der Waals surface area contributed by atoms with Crippen LogP contribution in [0.2, 0.25) is 0 Å². The summed E-state index contributed by atoms with van der Waals surface area (Å²) < 4.78 is 0. The maximum atomic E-state index is 12.6. The summed E-state index contributed by atoms with van der Waals surface area (Å²) in [5.41, 5.74) is 1.94. The number of amides is 1. The summed E-state index contributed by atoms with van der Waals surface area (Å²) in [5, 5.41) is 20.1. The number of nitrogen functional groups attached to an aromatic ring is 1. The van der Waals surface area contributed by atoms with E-state index in [1.54, 1.807) is 0 Å². The predicted molar refractivity (Wildman–Crippen MR) is 78.8 cm³/mol. The first-order chi connectivity index (χ1) is 9.93. The lowest BCUT2D eigenvalue weighted by Gasteiger charge is -2.26. The van der Waals surface area contributed by atoms with Crippen LogP contribution in [0.3, 0.4) is 0 Å². The number of aliphatic hydroxyl groups excluding tert-OH is 1. The largest absolute Gasteiger partial charge is 0.396 e. The molecule has 0 unspecified atom stereocenters. The number of nitrogens with zero attached hydrogens (tertiary/aromatic N) is 2. The number of carbonyl (C=O) groups excluding carboxylic acids is 1. The summed E-state index contributed by atoms with van der Waals surface area (Å²) in [6, 6.07) is 4.22. The van der Waals surface area contributed by atoms with Crippen LogP contribution in [0.25, 0.3) is 0 Å². The first kappa shape index (κ1) is 16.9. The van der Waals surface area contributed by atoms with Crippen molar-refractivity contribution in [2.75, 3.05) is 18.6 Å². The summed E-state index contributed by atoms with van der Waals surface area (Å²) >= 11 is 0. The molecule has 21 heavy (non-hydrogen) atoms. The number of rotatable bonds is 7. The lowest BCUT2D eigenvalue weighted by atomic mass is 10.1. The van der Waals surface area contributed by atoms with Crippen molar-refractivity contribution in [2.24, 2.45) is 5.84 Å². The van der Waals surface area contributed by atoms with E-state index in [1.807, 2.05) is 13.8 Å². The van der Waals surface area contributed by atoms with Gasteiger partial charge in [-0.25, -0.2) is 0 Å². The molecular weight excluding hydrogens is 276 g/mol. The van der Waals surface area contributed by atoms with Crippen molar-refractivity contribution in [3.63, 3.8) is 0 Å². The molecule has 1 rings (SSSR count). The van der Waals surface area contributed by atoms with Crippen molar-refractivity contribution in [1.82, 2.24) is 4.90 Å². The van der Waals surface area contributed by atoms with E-state index >= 15 is 0 Å². The Morgan fingerprint density at radius 2 is 2.19 bits per heavy atom. The summed E-state index contributed by atoms with van der Waals surface area (Å²) in [6.45, 7) is 3.89. The van der Waals surface area contributed by atoms with Crippen LogP contribution in [0.1, 0.15) is 30.6 Å². The minimum absolute atomic E-state index is 0.0258. The van der Waals surface area contributed by atoms with Gasteiger partial charge in [0.05, 0.1) is 4.92 Å². The molecule has 1 amide bonds. The highest BCUT2D eigenvalue weighted by atomic mass is 16.6. The number of nitrogens with two attached hydrogens (primary N) is 1. The monoisotopic (exact) mass is 296 g/mol. The SMILES string of the molecule is CC(C)N(CCCO)C(=O)c1cccc(NN)c1[N+](=O)[O-]. The second-order valence-electron chi connectivity index (χ2n) is 4.77. The first-order valence-electron chi connectivity index (χ1n) is 6.59. The third-order valence-electron chi connectivity index (χ3n) is 3.05. The number of hydrogen-bond acceptors (Lipinski definition) is 6. The Morgan fingerprint density at radius 3 is 2.67 bits per heavy atom. The third-order valence-corrected chi connectivity index (χ3v) is 3.05. The Kier molecular flexibility index (Phi) is 6.07. The topological polar surface area (TPSA) is 122 Å². The van der Waals surface area contributed by atoms with E-state index in [1.165, 1.54) is 23.1 Å². The average molecular weight is 296 g/mol. The van der Waals surface area contributed by atoms with Crippen LogP contribution in [0, 0.1) is 10.1 Å². The summed E-state index contributed by atoms with van der Waals surface area (Å²) in [5.74, 6) is 4.80. The number of para-hydroxylation sites is 1. The second-order valence-corrected chi connectivity index (χ2v) is 4.77. The number of nitro groups is 1. The fraction of sp³-hybridized carbons (Fsp3) is 0.462. The molecule has 8 nitrogen and oxygen atoms in total. The number of hydrazine groups is 1. The molecule has 0 atom stereocenters. The van der Waals surface area contributed by atoms with Gasteiger partial charge in [0.1, 0.15) is 11.3 Å². The third kappa shape index (κ3) is 3.89. The lowest BCUT2D eigenvalue weighted by Crippen LogP contribution is -2.38. The smallest absolute Gasteiger partial charge is 0.306 e. The maximum Gasteiger partial charge on any atom is 0.306 e. The minimum Gasteiger partial charge on any atom is -0.396 e. The van der Waals surface area contributed by atoms with Gasteiger partial charge >= 0.3 is 5.69 Å². The molecule has 0 fully saturated rings. The summed E-state index contributed by atoms with van der Waals surface area (Å²) in [7, 11) is 0. The van der Waals surface area contributed by atoms with E-state index < -0.39 is 10.8 Å². The maximum absolute atomic E-state index is 12.6. The van der Waals surface area contributed by atoms with Crippen molar-refractivity contribution >= 4 is 17.3 Å². The number of benzene rings is 1. The average Bonchev–Trinajstić information content (AvgIpc) is 2.45. The van der Waals surface area contributed by atoms with Gasteiger partial charge in [0.2, 0.25) is 0 Å². The van der Waals surface area contributed by atoms with Gasteiger partial charge in [-0.3, -0.25) is 20.8 Å². The van der Waals surface area contributed by atoms with Crippen molar-refractivity contribution < 1.29 is 14.8 Å². The fourth-order valence-corrected chi connectivity index (χ4v) is 2.02. The van der Waals surface area contributed by atoms with Gasteiger partial charge in [0.15, 0.2) is 0 Å². The molecule has 0 aliphatic carbocycles. The Bertz CT molecular complexity index is 519. The molecule has 0 saturated heterocycles.